The first-order chi connectivity index (χ1) is 7.09. The maximum Gasteiger partial charge on any atom is 0.306 e. The third-order valence-electron chi connectivity index (χ3n) is 1.83. The predicted octanol–water partition coefficient (Wildman–Crippen LogP) is 0.977. The summed E-state index contributed by atoms with van der Waals surface area (Å²) in [7, 11) is 0. The second kappa shape index (κ2) is 5.40. The normalized spacial score (nSPS) is 12.1. The number of aromatic nitrogens is 2. The number of hydrogen-bond donors (Lipinski definition) is 2. The van der Waals surface area contributed by atoms with Crippen molar-refractivity contribution in [1.29, 1.82) is 0 Å². The van der Waals surface area contributed by atoms with Gasteiger partial charge < -0.3 is 10.4 Å². The lowest BCUT2D eigenvalue weighted by Crippen LogP contribution is -2.16. The van der Waals surface area contributed by atoms with Crippen LogP contribution in [0.5, 0.6) is 0 Å². The van der Waals surface area contributed by atoms with Gasteiger partial charge in [-0.3, -0.25) is 9.59 Å². The largest absolute Gasteiger partial charge is 0.481 e. The van der Waals surface area contributed by atoms with Gasteiger partial charge >= 0.3 is 5.97 Å². The Kier molecular flexibility index (Phi) is 4.17. The number of carboxylic acid groups (broad SMARTS) is 1. The fourth-order valence-corrected chi connectivity index (χ4v) is 1.34. The Morgan fingerprint density at radius 1 is 1.67 bits per heavy atom. The highest BCUT2D eigenvalue weighted by atomic mass is 32.1. The van der Waals surface area contributed by atoms with Crippen LogP contribution in [0.4, 0.5) is 5.13 Å². The van der Waals surface area contributed by atoms with Gasteiger partial charge in [-0.15, -0.1) is 10.2 Å². The number of carboxylic acids is 1. The first kappa shape index (κ1) is 11.6. The van der Waals surface area contributed by atoms with Crippen LogP contribution < -0.4 is 5.32 Å². The Bertz CT molecular complexity index is 339. The monoisotopic (exact) mass is 229 g/mol. The van der Waals surface area contributed by atoms with Gasteiger partial charge in [0, 0.05) is 6.42 Å². The Hall–Kier alpha value is -1.50. The Labute approximate surface area is 90.3 Å². The molecule has 0 aromatic carbocycles. The van der Waals surface area contributed by atoms with E-state index in [2.05, 4.69) is 15.5 Å². The Balaban J connectivity index is 2.28. The molecule has 1 atom stereocenters. The Morgan fingerprint density at radius 2 is 2.40 bits per heavy atom. The molecule has 6 nitrogen and oxygen atoms in total. The average Bonchev–Trinajstić information content (AvgIpc) is 2.66. The molecule has 0 bridgehead atoms. The zero-order chi connectivity index (χ0) is 11.3. The average molecular weight is 229 g/mol. The summed E-state index contributed by atoms with van der Waals surface area (Å²) < 4.78 is 0. The molecule has 1 amide bonds. The molecule has 0 fully saturated rings. The van der Waals surface area contributed by atoms with Crippen LogP contribution in [0.1, 0.15) is 19.8 Å². The number of anilines is 1. The van der Waals surface area contributed by atoms with E-state index in [-0.39, 0.29) is 12.3 Å². The van der Waals surface area contributed by atoms with E-state index in [1.165, 1.54) is 16.8 Å². The second-order valence-electron chi connectivity index (χ2n) is 3.07. The van der Waals surface area contributed by atoms with Crippen molar-refractivity contribution >= 4 is 28.3 Å². The van der Waals surface area contributed by atoms with Crippen molar-refractivity contribution in [2.45, 2.75) is 19.8 Å². The van der Waals surface area contributed by atoms with Crippen molar-refractivity contribution in [3.8, 4) is 0 Å². The molecule has 0 saturated heterocycles. The van der Waals surface area contributed by atoms with Crippen LogP contribution in [0.2, 0.25) is 0 Å². The predicted molar refractivity (Wildman–Crippen MR) is 54.6 cm³/mol. The zero-order valence-corrected chi connectivity index (χ0v) is 8.95. The molecule has 0 radical (unpaired) electrons. The summed E-state index contributed by atoms with van der Waals surface area (Å²) >= 11 is 1.22. The second-order valence-corrected chi connectivity index (χ2v) is 3.90. The Morgan fingerprint density at radius 3 is 2.93 bits per heavy atom. The molecule has 0 unspecified atom stereocenters. The van der Waals surface area contributed by atoms with Crippen LogP contribution in [-0.2, 0) is 9.59 Å². The first-order valence-electron chi connectivity index (χ1n) is 4.38. The van der Waals surface area contributed by atoms with Gasteiger partial charge in [0.1, 0.15) is 5.51 Å². The summed E-state index contributed by atoms with van der Waals surface area (Å²) in [6.07, 6.45) is 0.493. The van der Waals surface area contributed by atoms with E-state index in [4.69, 9.17) is 5.11 Å². The summed E-state index contributed by atoms with van der Waals surface area (Å²) in [6, 6.07) is 0. The van der Waals surface area contributed by atoms with Gasteiger partial charge in [0.2, 0.25) is 11.0 Å². The topological polar surface area (TPSA) is 92.2 Å². The van der Waals surface area contributed by atoms with E-state index < -0.39 is 11.9 Å². The van der Waals surface area contributed by atoms with E-state index in [0.29, 0.717) is 11.6 Å². The summed E-state index contributed by atoms with van der Waals surface area (Å²) in [5, 5.41) is 18.8. The van der Waals surface area contributed by atoms with Gasteiger partial charge in [0.25, 0.3) is 0 Å². The molecule has 1 rings (SSSR count). The molecule has 82 valence electrons. The molecular formula is C8H11N3O3S. The number of hydrogen-bond acceptors (Lipinski definition) is 5. The minimum Gasteiger partial charge on any atom is -0.481 e. The van der Waals surface area contributed by atoms with Crippen LogP contribution in [0.25, 0.3) is 0 Å². The number of nitrogens with one attached hydrogen (secondary N) is 1. The summed E-state index contributed by atoms with van der Waals surface area (Å²) in [5.74, 6) is -1.64. The van der Waals surface area contributed by atoms with E-state index in [1.54, 1.807) is 6.92 Å². The highest BCUT2D eigenvalue weighted by Crippen LogP contribution is 2.10. The van der Waals surface area contributed by atoms with Crippen LogP contribution in [0.15, 0.2) is 5.51 Å². The quantitative estimate of drug-likeness (QED) is 0.785. The number of amides is 1. The molecule has 0 aliphatic carbocycles. The standard InChI is InChI=1S/C8H11N3O3S/c1-5(7(13)14)2-3-6(12)10-8-11-9-4-15-8/h4-5H,2-3H2,1H3,(H,13,14)(H,10,11,12)/t5-/m1/s1. The SMILES string of the molecule is C[C@H](CCC(=O)Nc1nncs1)C(=O)O. The maximum atomic E-state index is 11.3. The van der Waals surface area contributed by atoms with Crippen LogP contribution >= 0.6 is 11.3 Å². The van der Waals surface area contributed by atoms with Gasteiger partial charge in [-0.25, -0.2) is 0 Å². The van der Waals surface area contributed by atoms with E-state index in [1.807, 2.05) is 0 Å². The van der Waals surface area contributed by atoms with Crippen molar-refractivity contribution in [1.82, 2.24) is 10.2 Å². The molecule has 0 spiro atoms. The molecule has 2 N–H and O–H groups in total. The van der Waals surface area contributed by atoms with Gasteiger partial charge in [0.05, 0.1) is 5.92 Å². The van der Waals surface area contributed by atoms with Crippen molar-refractivity contribution in [3.63, 3.8) is 0 Å². The lowest BCUT2D eigenvalue weighted by atomic mass is 10.1. The molecule has 1 aromatic rings. The molecule has 1 aromatic heterocycles. The van der Waals surface area contributed by atoms with Crippen LogP contribution in [0.3, 0.4) is 0 Å². The van der Waals surface area contributed by atoms with Crippen molar-refractivity contribution in [2.24, 2.45) is 5.92 Å². The minimum absolute atomic E-state index is 0.174. The minimum atomic E-state index is -0.890. The van der Waals surface area contributed by atoms with Crippen LogP contribution in [-0.4, -0.2) is 27.2 Å². The van der Waals surface area contributed by atoms with Crippen LogP contribution in [0, 0.1) is 5.92 Å². The lowest BCUT2D eigenvalue weighted by molar-refractivity contribution is -0.141. The van der Waals surface area contributed by atoms with Gasteiger partial charge in [0.15, 0.2) is 0 Å². The van der Waals surface area contributed by atoms with E-state index in [9.17, 15) is 9.59 Å². The highest BCUT2D eigenvalue weighted by Gasteiger charge is 2.13. The zero-order valence-electron chi connectivity index (χ0n) is 8.14. The van der Waals surface area contributed by atoms with Gasteiger partial charge in [-0.1, -0.05) is 18.3 Å². The number of aliphatic carboxylic acids is 1. The fraction of sp³-hybridized carbons (Fsp3) is 0.500. The molecular weight excluding hydrogens is 218 g/mol. The van der Waals surface area contributed by atoms with Crippen molar-refractivity contribution < 1.29 is 14.7 Å². The maximum absolute atomic E-state index is 11.3. The molecule has 15 heavy (non-hydrogen) atoms. The van der Waals surface area contributed by atoms with Gasteiger partial charge in [-0.05, 0) is 6.42 Å². The number of rotatable bonds is 5. The van der Waals surface area contributed by atoms with Crippen molar-refractivity contribution in [2.75, 3.05) is 5.32 Å². The highest BCUT2D eigenvalue weighted by molar-refractivity contribution is 7.13. The molecule has 0 aliphatic rings. The first-order valence-corrected chi connectivity index (χ1v) is 5.26. The number of nitrogens with zero attached hydrogens (tertiary/aromatic N) is 2. The van der Waals surface area contributed by atoms with Gasteiger partial charge in [-0.2, -0.15) is 0 Å². The summed E-state index contributed by atoms with van der Waals surface area (Å²) in [6.45, 7) is 1.57. The third kappa shape index (κ3) is 4.03. The lowest BCUT2D eigenvalue weighted by Gasteiger charge is -2.04. The summed E-state index contributed by atoms with van der Waals surface area (Å²) in [5.41, 5.74) is 1.51. The fourth-order valence-electron chi connectivity index (χ4n) is 0.880. The molecule has 0 saturated carbocycles. The number of carbonyl (C=O) groups is 2. The molecule has 7 heteroatoms. The molecule has 0 aliphatic heterocycles. The van der Waals surface area contributed by atoms with E-state index >= 15 is 0 Å². The smallest absolute Gasteiger partial charge is 0.306 e. The van der Waals surface area contributed by atoms with E-state index in [0.717, 1.165) is 0 Å². The van der Waals surface area contributed by atoms with Crippen molar-refractivity contribution in [3.05, 3.63) is 5.51 Å². The third-order valence-corrected chi connectivity index (χ3v) is 2.44. The number of carbonyl (C=O) groups excluding carboxylic acids is 1. The molecule has 1 heterocycles. The summed E-state index contributed by atoms with van der Waals surface area (Å²) in [4.78, 5) is 21.7.